The molecule has 0 spiro atoms. The molecule has 0 aliphatic carbocycles. The van der Waals surface area contributed by atoms with Crippen LogP contribution in [-0.2, 0) is 0 Å². The van der Waals surface area contributed by atoms with Crippen molar-refractivity contribution in [3.63, 3.8) is 0 Å². The van der Waals surface area contributed by atoms with Crippen LogP contribution >= 0.6 is 61.7 Å². The van der Waals surface area contributed by atoms with Gasteiger partial charge in [0, 0.05) is 55.1 Å². The highest BCUT2D eigenvalue weighted by molar-refractivity contribution is 14.1. The summed E-state index contributed by atoms with van der Waals surface area (Å²) in [7, 11) is -1.44. The Bertz CT molecular complexity index is 3190. The highest BCUT2D eigenvalue weighted by Crippen LogP contribution is 2.36. The normalized spacial score (nSPS) is 10.7. The van der Waals surface area contributed by atoms with Crippen LogP contribution in [0.4, 0.5) is 11.4 Å². The van der Waals surface area contributed by atoms with Crippen LogP contribution in [0.1, 0.15) is 0 Å². The average molecular weight is 1060 g/mol. The summed E-state index contributed by atoms with van der Waals surface area (Å²) >= 11 is 16.8. The summed E-state index contributed by atoms with van der Waals surface area (Å²) < 4.78 is 4.80. The Kier molecular flexibility index (Phi) is 14.8. The lowest BCUT2D eigenvalue weighted by Gasteiger charge is -2.10. The van der Waals surface area contributed by atoms with Crippen molar-refractivity contribution < 1.29 is 19.9 Å². The minimum Gasteiger partial charge on any atom is -0.423 e. The maximum atomic E-state index is 11.4. The number of fused-ring (bicyclic) bond motifs is 6. The summed E-state index contributed by atoms with van der Waals surface area (Å²) in [5.74, 6) is 0. The smallest absolute Gasteiger partial charge is 0.423 e. The van der Waals surface area contributed by atoms with E-state index < -0.39 is 12.0 Å². The molecule has 2 heterocycles. The van der Waals surface area contributed by atoms with E-state index in [4.69, 9.17) is 23.2 Å². The third kappa shape index (κ3) is 9.70. The zero-order chi connectivity index (χ0) is 45.5. The molecule has 0 radical (unpaired) electrons. The highest BCUT2D eigenvalue weighted by atomic mass is 127. The molecule has 2 aromatic heterocycles. The molecule has 318 valence electrons. The minimum atomic E-state index is -1.44. The fourth-order valence-corrected chi connectivity index (χ4v) is 8.51. The lowest BCUT2D eigenvalue weighted by molar-refractivity contribution is -0.385. The molecule has 0 unspecified atom stereocenters. The van der Waals surface area contributed by atoms with Gasteiger partial charge in [-0.2, -0.15) is 0 Å². The zero-order valence-electron chi connectivity index (χ0n) is 33.7. The summed E-state index contributed by atoms with van der Waals surface area (Å²) in [6, 6.07) is 57.2. The summed E-state index contributed by atoms with van der Waals surface area (Å²) in [6.45, 7) is 0. The quantitative estimate of drug-likeness (QED) is 0.0559. The predicted molar refractivity (Wildman–Crippen MR) is 274 cm³/mol. The first kappa shape index (κ1) is 45.9. The third-order valence-corrected chi connectivity index (χ3v) is 11.4. The molecular weight excluding hydrogens is 1030 g/mol. The van der Waals surface area contributed by atoms with E-state index in [0.717, 1.165) is 39.0 Å². The molecule has 0 aliphatic heterocycles. The molecule has 0 saturated carbocycles. The van der Waals surface area contributed by atoms with Crippen LogP contribution in [0.25, 0.3) is 66.1 Å². The summed E-state index contributed by atoms with van der Waals surface area (Å²) in [6.07, 6.45) is 0. The number of hydrogen-bond donors (Lipinski definition) is 2. The van der Waals surface area contributed by atoms with E-state index in [1.807, 2.05) is 89.9 Å². The predicted octanol–water partition coefficient (Wildman–Crippen LogP) is 13.5. The SMILES string of the molecule is CI.O=[N+]([O-])c1ccc(Cl)cc1-c1ccc(-n2c3ccccc3c3ccccc32)cc1.O=[N+]([O-])c1ccc(Cl)cc1Br.OB(O)c1ccc(-n2c3ccccc3c3ccccc32)cc1. The van der Waals surface area contributed by atoms with Crippen molar-refractivity contribution >= 4 is 129 Å². The molecule has 15 heteroatoms. The fraction of sp³-hybridized carbons (Fsp3) is 0.0204. The van der Waals surface area contributed by atoms with Gasteiger partial charge < -0.3 is 19.2 Å². The van der Waals surface area contributed by atoms with Gasteiger partial charge in [0.15, 0.2) is 0 Å². The first-order valence-electron chi connectivity index (χ1n) is 19.4. The zero-order valence-corrected chi connectivity index (χ0v) is 39.0. The fourth-order valence-electron chi connectivity index (χ4n) is 7.52. The molecule has 8 aromatic carbocycles. The van der Waals surface area contributed by atoms with Crippen LogP contribution in [0.5, 0.6) is 0 Å². The molecule has 10 rings (SSSR count). The maximum Gasteiger partial charge on any atom is 0.488 e. The molecule has 0 amide bonds. The number of aromatic nitrogens is 2. The largest absolute Gasteiger partial charge is 0.488 e. The first-order valence-corrected chi connectivity index (χ1v) is 23.2. The van der Waals surface area contributed by atoms with Crippen molar-refractivity contribution in [3.8, 4) is 22.5 Å². The number of rotatable bonds is 6. The van der Waals surface area contributed by atoms with Crippen LogP contribution in [0.2, 0.25) is 10.0 Å². The van der Waals surface area contributed by atoms with Gasteiger partial charge in [-0.05, 0) is 105 Å². The van der Waals surface area contributed by atoms with E-state index in [2.05, 4.69) is 96.2 Å². The van der Waals surface area contributed by atoms with E-state index in [1.54, 1.807) is 18.2 Å². The molecular formula is C49H35BBrCl2IN4O6. The van der Waals surface area contributed by atoms with E-state index >= 15 is 0 Å². The van der Waals surface area contributed by atoms with Gasteiger partial charge in [-0.25, -0.2) is 0 Å². The summed E-state index contributed by atoms with van der Waals surface area (Å²) in [5.41, 5.74) is 8.34. The lowest BCUT2D eigenvalue weighted by Crippen LogP contribution is -2.29. The van der Waals surface area contributed by atoms with Gasteiger partial charge in [-0.3, -0.25) is 20.2 Å². The van der Waals surface area contributed by atoms with Gasteiger partial charge in [-0.1, -0.05) is 143 Å². The standard InChI is InChI=1S/C24H15ClN2O2.C18H14BNO2.C6H3BrClNO2.CH3I/c25-17-11-14-24(27(28)29)21(15-17)16-9-12-18(13-10-16)26-22-7-3-1-5-19(22)20-6-2-4-8-23(20)26;21-19(22)13-9-11-14(12-10-13)20-17-7-3-1-5-15(17)16-6-2-4-8-18(16)20;7-5-3-4(8)1-2-6(5)9(10)11;1-2/h1-15H;1-12,21-22H;1-3H;1H3. The van der Waals surface area contributed by atoms with E-state index in [0.29, 0.717) is 25.5 Å². The molecule has 10 aromatic rings. The second-order valence-electron chi connectivity index (χ2n) is 14.0. The summed E-state index contributed by atoms with van der Waals surface area (Å²) in [4.78, 5) is 22.8. The number of para-hydroxylation sites is 4. The molecule has 0 fully saturated rings. The van der Waals surface area contributed by atoms with Crippen molar-refractivity contribution in [1.29, 1.82) is 0 Å². The molecule has 10 nitrogen and oxygen atoms in total. The number of nitro groups is 2. The second kappa shape index (κ2) is 20.6. The van der Waals surface area contributed by atoms with Crippen LogP contribution < -0.4 is 5.46 Å². The monoisotopic (exact) mass is 1060 g/mol. The van der Waals surface area contributed by atoms with Gasteiger partial charge in [0.2, 0.25) is 0 Å². The maximum absolute atomic E-state index is 11.4. The highest BCUT2D eigenvalue weighted by Gasteiger charge is 2.18. The van der Waals surface area contributed by atoms with E-state index in [-0.39, 0.29) is 16.3 Å². The third-order valence-electron chi connectivity index (χ3n) is 10.3. The van der Waals surface area contributed by atoms with E-state index in [9.17, 15) is 30.3 Å². The van der Waals surface area contributed by atoms with Crippen LogP contribution in [0.15, 0.2) is 186 Å². The molecule has 64 heavy (non-hydrogen) atoms. The van der Waals surface area contributed by atoms with Crippen LogP contribution in [-0.4, -0.2) is 41.1 Å². The molecule has 0 atom stereocenters. The van der Waals surface area contributed by atoms with Crippen molar-refractivity contribution in [2.45, 2.75) is 0 Å². The van der Waals surface area contributed by atoms with Gasteiger partial charge >= 0.3 is 7.12 Å². The number of alkyl halides is 1. The second-order valence-corrected chi connectivity index (χ2v) is 15.8. The number of benzene rings is 8. The van der Waals surface area contributed by atoms with Crippen molar-refractivity contribution in [1.82, 2.24) is 9.13 Å². The Morgan fingerprint density at radius 1 is 0.516 bits per heavy atom. The number of nitrogens with zero attached hydrogens (tertiary/aromatic N) is 4. The van der Waals surface area contributed by atoms with Crippen molar-refractivity contribution in [2.24, 2.45) is 0 Å². The van der Waals surface area contributed by atoms with Crippen molar-refractivity contribution in [3.05, 3.63) is 217 Å². The van der Waals surface area contributed by atoms with Crippen LogP contribution in [0, 0.1) is 20.2 Å². The van der Waals surface area contributed by atoms with Crippen molar-refractivity contribution in [2.75, 3.05) is 4.93 Å². The molecule has 0 aliphatic rings. The first-order chi connectivity index (χ1) is 31.0. The Balaban J connectivity index is 0.000000154. The van der Waals surface area contributed by atoms with Gasteiger partial charge in [0.05, 0.1) is 41.9 Å². The number of halogens is 4. The van der Waals surface area contributed by atoms with E-state index in [1.165, 1.54) is 51.9 Å². The minimum absolute atomic E-state index is 0.0226. The number of nitro benzene ring substituents is 2. The Morgan fingerprint density at radius 3 is 1.25 bits per heavy atom. The molecule has 0 saturated heterocycles. The molecule has 0 bridgehead atoms. The Hall–Kier alpha value is -6.07. The Morgan fingerprint density at radius 2 is 0.875 bits per heavy atom. The molecule has 2 N–H and O–H groups in total. The van der Waals surface area contributed by atoms with Gasteiger partial charge in [-0.15, -0.1) is 0 Å². The number of hydrogen-bond acceptors (Lipinski definition) is 6. The average Bonchev–Trinajstić information content (AvgIpc) is 3.83. The topological polar surface area (TPSA) is 137 Å². The van der Waals surface area contributed by atoms with Gasteiger partial charge in [0.1, 0.15) is 0 Å². The lowest BCUT2D eigenvalue weighted by atomic mass is 9.80. The Labute approximate surface area is 399 Å². The summed E-state index contributed by atoms with van der Waals surface area (Å²) in [5, 5.41) is 45.9. The van der Waals surface area contributed by atoms with Crippen LogP contribution in [0.3, 0.4) is 0 Å². The van der Waals surface area contributed by atoms with Gasteiger partial charge in [0.25, 0.3) is 11.4 Å².